The van der Waals surface area contributed by atoms with Crippen LogP contribution in [0.3, 0.4) is 0 Å². The SMILES string of the molecule is C[C@@H]1CN(S(=O)(=O)N(C)CCOc2ccccc2Cl)C[C@H](C)O1. The van der Waals surface area contributed by atoms with E-state index in [1.165, 1.54) is 8.61 Å². The number of para-hydroxylation sites is 1. The second-order valence-electron chi connectivity index (χ2n) is 5.68. The summed E-state index contributed by atoms with van der Waals surface area (Å²) in [7, 11) is -1.97. The number of ether oxygens (including phenoxy) is 2. The molecule has 1 aromatic rings. The predicted octanol–water partition coefficient (Wildman–Crippen LogP) is 2.00. The van der Waals surface area contributed by atoms with Crippen LogP contribution in [0.15, 0.2) is 24.3 Å². The summed E-state index contributed by atoms with van der Waals surface area (Å²) in [5.41, 5.74) is 0. The van der Waals surface area contributed by atoms with Crippen LogP contribution in [0.1, 0.15) is 13.8 Å². The van der Waals surface area contributed by atoms with E-state index in [2.05, 4.69) is 0 Å². The molecule has 0 amide bonds. The Hall–Kier alpha value is -0.860. The van der Waals surface area contributed by atoms with Crippen LogP contribution in [0.5, 0.6) is 5.75 Å². The number of hydrogen-bond acceptors (Lipinski definition) is 4. The van der Waals surface area contributed by atoms with Crippen LogP contribution < -0.4 is 4.74 Å². The normalized spacial score (nSPS) is 23.2. The number of halogens is 1. The third-order valence-corrected chi connectivity index (χ3v) is 5.84. The number of rotatable bonds is 6. The minimum atomic E-state index is -3.52. The third kappa shape index (κ3) is 4.81. The van der Waals surface area contributed by atoms with E-state index >= 15 is 0 Å². The van der Waals surface area contributed by atoms with Gasteiger partial charge in [0.05, 0.1) is 17.2 Å². The molecular weight excluding hydrogens is 340 g/mol. The Morgan fingerprint density at radius 1 is 1.30 bits per heavy atom. The van der Waals surface area contributed by atoms with Gasteiger partial charge in [-0.3, -0.25) is 0 Å². The first-order valence-electron chi connectivity index (χ1n) is 7.55. The van der Waals surface area contributed by atoms with Gasteiger partial charge in [0.15, 0.2) is 0 Å². The van der Waals surface area contributed by atoms with Crippen LogP contribution in [-0.4, -0.2) is 62.5 Å². The fourth-order valence-corrected chi connectivity index (χ4v) is 4.16. The van der Waals surface area contributed by atoms with E-state index in [0.29, 0.717) is 23.9 Å². The fraction of sp³-hybridized carbons (Fsp3) is 0.600. The molecule has 1 aromatic carbocycles. The summed E-state index contributed by atoms with van der Waals surface area (Å²) in [4.78, 5) is 0. The van der Waals surface area contributed by atoms with Crippen molar-refractivity contribution in [2.45, 2.75) is 26.1 Å². The van der Waals surface area contributed by atoms with E-state index < -0.39 is 10.2 Å². The number of likely N-dealkylation sites (N-methyl/N-ethyl adjacent to an activating group) is 1. The van der Waals surface area contributed by atoms with Crippen molar-refractivity contribution in [3.05, 3.63) is 29.3 Å². The molecule has 1 heterocycles. The van der Waals surface area contributed by atoms with Gasteiger partial charge >= 0.3 is 0 Å². The standard InChI is InChI=1S/C15H23ClN2O4S/c1-12-10-18(11-13(2)22-12)23(19,20)17(3)8-9-21-15-7-5-4-6-14(15)16/h4-7,12-13H,8-11H2,1-3H3/t12-,13+. The maximum atomic E-state index is 12.6. The summed E-state index contributed by atoms with van der Waals surface area (Å²) >= 11 is 6.00. The zero-order valence-electron chi connectivity index (χ0n) is 13.6. The highest BCUT2D eigenvalue weighted by Gasteiger charge is 2.33. The van der Waals surface area contributed by atoms with Crippen molar-refractivity contribution in [3.63, 3.8) is 0 Å². The van der Waals surface area contributed by atoms with Crippen molar-refractivity contribution in [1.29, 1.82) is 0 Å². The molecule has 6 nitrogen and oxygen atoms in total. The van der Waals surface area contributed by atoms with Gasteiger partial charge in [0.25, 0.3) is 10.2 Å². The zero-order valence-corrected chi connectivity index (χ0v) is 15.2. The predicted molar refractivity (Wildman–Crippen MR) is 90.1 cm³/mol. The van der Waals surface area contributed by atoms with Crippen LogP contribution >= 0.6 is 11.6 Å². The molecule has 0 radical (unpaired) electrons. The van der Waals surface area contributed by atoms with Gasteiger partial charge in [-0.2, -0.15) is 17.0 Å². The second kappa shape index (κ2) is 7.81. The Morgan fingerprint density at radius 2 is 1.91 bits per heavy atom. The molecule has 1 saturated heterocycles. The van der Waals surface area contributed by atoms with Gasteiger partial charge in [-0.25, -0.2) is 0 Å². The van der Waals surface area contributed by atoms with Crippen LogP contribution in [0.25, 0.3) is 0 Å². The molecule has 0 saturated carbocycles. The Balaban J connectivity index is 1.91. The number of morpholine rings is 1. The summed E-state index contributed by atoms with van der Waals surface area (Å²) < 4.78 is 39.1. The van der Waals surface area contributed by atoms with E-state index in [-0.39, 0.29) is 25.4 Å². The number of benzene rings is 1. The molecular formula is C15H23ClN2O4S. The van der Waals surface area contributed by atoms with Crippen LogP contribution in [0.2, 0.25) is 5.02 Å². The number of hydrogen-bond donors (Lipinski definition) is 0. The van der Waals surface area contributed by atoms with E-state index in [4.69, 9.17) is 21.1 Å². The summed E-state index contributed by atoms with van der Waals surface area (Å²) in [5, 5.41) is 0.508. The molecule has 0 N–H and O–H groups in total. The van der Waals surface area contributed by atoms with Crippen LogP contribution in [0.4, 0.5) is 0 Å². The van der Waals surface area contributed by atoms with Gasteiger partial charge in [0.1, 0.15) is 12.4 Å². The maximum Gasteiger partial charge on any atom is 0.282 e. The van der Waals surface area contributed by atoms with Gasteiger partial charge in [0.2, 0.25) is 0 Å². The van der Waals surface area contributed by atoms with Crippen molar-refractivity contribution in [1.82, 2.24) is 8.61 Å². The zero-order chi connectivity index (χ0) is 17.0. The minimum Gasteiger partial charge on any atom is -0.491 e. The molecule has 1 aliphatic rings. The van der Waals surface area contributed by atoms with Crippen LogP contribution in [-0.2, 0) is 14.9 Å². The molecule has 0 bridgehead atoms. The van der Waals surface area contributed by atoms with Crippen molar-refractivity contribution in [2.24, 2.45) is 0 Å². The summed E-state index contributed by atoms with van der Waals surface area (Å²) in [6, 6.07) is 7.11. The molecule has 1 aliphatic heterocycles. The molecule has 23 heavy (non-hydrogen) atoms. The van der Waals surface area contributed by atoms with Gasteiger partial charge < -0.3 is 9.47 Å². The third-order valence-electron chi connectivity index (χ3n) is 3.61. The van der Waals surface area contributed by atoms with Crippen molar-refractivity contribution >= 4 is 21.8 Å². The Morgan fingerprint density at radius 3 is 2.52 bits per heavy atom. The quantitative estimate of drug-likeness (QED) is 0.776. The first kappa shape index (κ1) is 18.5. The molecule has 2 rings (SSSR count). The average Bonchev–Trinajstić information content (AvgIpc) is 2.48. The monoisotopic (exact) mass is 362 g/mol. The second-order valence-corrected chi connectivity index (χ2v) is 8.13. The van der Waals surface area contributed by atoms with Crippen molar-refractivity contribution < 1.29 is 17.9 Å². The molecule has 2 atom stereocenters. The van der Waals surface area contributed by atoms with E-state index in [0.717, 1.165) is 0 Å². The highest BCUT2D eigenvalue weighted by atomic mass is 35.5. The summed E-state index contributed by atoms with van der Waals surface area (Å²) in [6.07, 6.45) is -0.220. The first-order chi connectivity index (χ1) is 10.8. The molecule has 0 spiro atoms. The van der Waals surface area contributed by atoms with Gasteiger partial charge in [0, 0.05) is 26.7 Å². The smallest absolute Gasteiger partial charge is 0.282 e. The van der Waals surface area contributed by atoms with E-state index in [1.807, 2.05) is 26.0 Å². The van der Waals surface area contributed by atoms with Gasteiger partial charge in [-0.15, -0.1) is 0 Å². The minimum absolute atomic E-state index is 0.110. The largest absolute Gasteiger partial charge is 0.491 e. The molecule has 0 unspecified atom stereocenters. The Kier molecular flexibility index (Phi) is 6.27. The maximum absolute atomic E-state index is 12.6. The van der Waals surface area contributed by atoms with Crippen LogP contribution in [0, 0.1) is 0 Å². The molecule has 8 heteroatoms. The summed E-state index contributed by atoms with van der Waals surface area (Å²) in [5.74, 6) is 0.550. The molecule has 1 fully saturated rings. The van der Waals surface area contributed by atoms with Gasteiger partial charge in [-0.05, 0) is 26.0 Å². The van der Waals surface area contributed by atoms with E-state index in [9.17, 15) is 8.42 Å². The first-order valence-corrected chi connectivity index (χ1v) is 9.32. The lowest BCUT2D eigenvalue weighted by molar-refractivity contribution is -0.0453. The highest BCUT2D eigenvalue weighted by molar-refractivity contribution is 7.86. The molecule has 0 aliphatic carbocycles. The topological polar surface area (TPSA) is 59.1 Å². The van der Waals surface area contributed by atoms with E-state index in [1.54, 1.807) is 19.2 Å². The lowest BCUT2D eigenvalue weighted by Crippen LogP contribution is -2.52. The number of nitrogens with zero attached hydrogens (tertiary/aromatic N) is 2. The van der Waals surface area contributed by atoms with Crippen molar-refractivity contribution in [3.8, 4) is 5.75 Å². The molecule has 130 valence electrons. The molecule has 0 aromatic heterocycles. The lowest BCUT2D eigenvalue weighted by atomic mass is 10.3. The summed E-state index contributed by atoms with van der Waals surface area (Å²) in [6.45, 7) is 4.95. The Bertz CT molecular complexity index is 616. The average molecular weight is 363 g/mol. The van der Waals surface area contributed by atoms with Gasteiger partial charge in [-0.1, -0.05) is 23.7 Å². The fourth-order valence-electron chi connectivity index (χ4n) is 2.48. The van der Waals surface area contributed by atoms with Crippen molar-refractivity contribution in [2.75, 3.05) is 33.3 Å². The highest BCUT2D eigenvalue weighted by Crippen LogP contribution is 2.23. The Labute approximate surface area is 143 Å². The lowest BCUT2D eigenvalue weighted by Gasteiger charge is -2.36.